The maximum Gasteiger partial charge on any atom is 0.338 e. The Morgan fingerprint density at radius 2 is 1.86 bits per heavy atom. The highest BCUT2D eigenvalue weighted by Gasteiger charge is 2.45. The third kappa shape index (κ3) is 4.02. The number of carbonyl (C=O) groups excluding carboxylic acids is 3. The number of pyridine rings is 1. The standard InChI is InChI=1S/C28H22N2O6/c1-16(2)35-28(34)18-8-5-10-20(13-18)30-24(19-9-6-12-29-15-19)23(26(32)27(30)33)25(31)22-14-17-7-3-4-11-21(17)36-22/h3-16,24,32H,1-2H3. The van der Waals surface area contributed by atoms with Crippen LogP contribution in [0.3, 0.4) is 0 Å². The molecule has 2 aromatic carbocycles. The second-order valence-corrected chi connectivity index (χ2v) is 8.61. The lowest BCUT2D eigenvalue weighted by molar-refractivity contribution is -0.117. The number of para-hydroxylation sites is 1. The van der Waals surface area contributed by atoms with Crippen molar-refractivity contribution in [1.82, 2.24) is 4.98 Å². The van der Waals surface area contributed by atoms with Gasteiger partial charge in [0.1, 0.15) is 5.58 Å². The summed E-state index contributed by atoms with van der Waals surface area (Å²) in [4.78, 5) is 44.9. The first kappa shape index (κ1) is 23.0. The molecule has 0 bridgehead atoms. The van der Waals surface area contributed by atoms with E-state index in [4.69, 9.17) is 9.15 Å². The van der Waals surface area contributed by atoms with Gasteiger partial charge in [-0.25, -0.2) is 4.79 Å². The molecule has 1 N–H and O–H groups in total. The first-order valence-corrected chi connectivity index (χ1v) is 11.4. The molecule has 0 spiro atoms. The van der Waals surface area contributed by atoms with Gasteiger partial charge in [-0.3, -0.25) is 19.5 Å². The number of Topliss-reactive ketones (excluding diaryl/α,β-unsaturated/α-hetero) is 1. The van der Waals surface area contributed by atoms with Crippen LogP contribution in [0.1, 0.15) is 46.4 Å². The number of carbonyl (C=O) groups is 3. The number of aromatic nitrogens is 1. The van der Waals surface area contributed by atoms with Crippen LogP contribution in [0, 0.1) is 0 Å². The Labute approximate surface area is 206 Å². The molecule has 1 atom stereocenters. The molecule has 36 heavy (non-hydrogen) atoms. The molecular formula is C28H22N2O6. The third-order valence-electron chi connectivity index (χ3n) is 5.80. The van der Waals surface area contributed by atoms with Crippen LogP contribution < -0.4 is 4.90 Å². The molecule has 0 aliphatic carbocycles. The number of furan rings is 1. The number of hydrogen-bond acceptors (Lipinski definition) is 7. The van der Waals surface area contributed by atoms with Crippen molar-refractivity contribution in [2.75, 3.05) is 4.90 Å². The van der Waals surface area contributed by atoms with Gasteiger partial charge in [0.25, 0.3) is 5.91 Å². The largest absolute Gasteiger partial charge is 0.503 e. The summed E-state index contributed by atoms with van der Waals surface area (Å²) in [5.74, 6) is -2.64. The number of aliphatic hydroxyl groups excluding tert-OH is 1. The van der Waals surface area contributed by atoms with Gasteiger partial charge in [0, 0.05) is 23.5 Å². The summed E-state index contributed by atoms with van der Waals surface area (Å²) in [6.45, 7) is 3.48. The van der Waals surface area contributed by atoms with E-state index in [-0.39, 0.29) is 23.0 Å². The van der Waals surface area contributed by atoms with Gasteiger partial charge < -0.3 is 14.3 Å². The average molecular weight is 482 g/mol. The highest BCUT2D eigenvalue weighted by molar-refractivity contribution is 6.20. The zero-order valence-electron chi connectivity index (χ0n) is 19.5. The molecule has 1 unspecified atom stereocenters. The van der Waals surface area contributed by atoms with E-state index < -0.39 is 29.5 Å². The Kier molecular flexibility index (Phi) is 5.85. The minimum atomic E-state index is -0.997. The Hall–Kier alpha value is -4.72. The van der Waals surface area contributed by atoms with Crippen LogP contribution in [0.5, 0.6) is 0 Å². The molecule has 1 aliphatic rings. The Bertz CT molecular complexity index is 1490. The summed E-state index contributed by atoms with van der Waals surface area (Å²) in [5.41, 5.74) is 1.42. The highest BCUT2D eigenvalue weighted by atomic mass is 16.5. The fraction of sp³-hybridized carbons (Fsp3) is 0.143. The zero-order chi connectivity index (χ0) is 25.4. The van der Waals surface area contributed by atoms with Gasteiger partial charge in [0.15, 0.2) is 11.5 Å². The molecule has 1 aliphatic heterocycles. The van der Waals surface area contributed by atoms with Crippen LogP contribution >= 0.6 is 0 Å². The molecule has 2 aromatic heterocycles. The number of amides is 1. The van der Waals surface area contributed by atoms with E-state index in [0.717, 1.165) is 5.39 Å². The lowest BCUT2D eigenvalue weighted by atomic mass is 9.95. The summed E-state index contributed by atoms with van der Waals surface area (Å²) in [5, 5.41) is 11.7. The number of nitrogens with zero attached hydrogens (tertiary/aromatic N) is 2. The van der Waals surface area contributed by atoms with Gasteiger partial charge in [-0.2, -0.15) is 0 Å². The van der Waals surface area contributed by atoms with Crippen molar-refractivity contribution in [3.05, 3.63) is 107 Å². The highest BCUT2D eigenvalue weighted by Crippen LogP contribution is 2.42. The molecule has 0 saturated carbocycles. The van der Waals surface area contributed by atoms with E-state index in [9.17, 15) is 19.5 Å². The number of rotatable bonds is 6. The van der Waals surface area contributed by atoms with Gasteiger partial charge in [0.05, 0.1) is 23.3 Å². The summed E-state index contributed by atoms with van der Waals surface area (Å²) in [6, 6.07) is 17.4. The second-order valence-electron chi connectivity index (χ2n) is 8.61. The van der Waals surface area contributed by atoms with Crippen LogP contribution in [0.15, 0.2) is 94.9 Å². The van der Waals surface area contributed by atoms with E-state index in [1.165, 1.54) is 17.2 Å². The van der Waals surface area contributed by atoms with Gasteiger partial charge in [-0.1, -0.05) is 30.3 Å². The summed E-state index contributed by atoms with van der Waals surface area (Å²) < 4.78 is 11.0. The summed E-state index contributed by atoms with van der Waals surface area (Å²) in [7, 11) is 0. The number of anilines is 1. The number of esters is 1. The van der Waals surface area contributed by atoms with Crippen molar-refractivity contribution < 1.29 is 28.6 Å². The number of benzene rings is 2. The van der Waals surface area contributed by atoms with E-state index in [1.54, 1.807) is 74.6 Å². The van der Waals surface area contributed by atoms with Crippen LogP contribution in [-0.2, 0) is 9.53 Å². The van der Waals surface area contributed by atoms with Crippen molar-refractivity contribution >= 4 is 34.3 Å². The van der Waals surface area contributed by atoms with Gasteiger partial charge >= 0.3 is 5.97 Å². The monoisotopic (exact) mass is 482 g/mol. The van der Waals surface area contributed by atoms with E-state index in [2.05, 4.69) is 4.98 Å². The van der Waals surface area contributed by atoms with Crippen molar-refractivity contribution in [2.45, 2.75) is 26.0 Å². The normalized spacial score (nSPS) is 15.7. The number of ether oxygens (including phenoxy) is 1. The molecule has 4 aromatic rings. The molecular weight excluding hydrogens is 460 g/mol. The molecule has 3 heterocycles. The molecule has 0 saturated heterocycles. The van der Waals surface area contributed by atoms with Crippen LogP contribution in [0.2, 0.25) is 0 Å². The number of fused-ring (bicyclic) bond motifs is 1. The van der Waals surface area contributed by atoms with Crippen molar-refractivity contribution in [2.24, 2.45) is 0 Å². The fourth-order valence-corrected chi connectivity index (χ4v) is 4.25. The molecule has 180 valence electrons. The summed E-state index contributed by atoms with van der Waals surface area (Å²) in [6.07, 6.45) is 2.76. The van der Waals surface area contributed by atoms with Crippen LogP contribution in [0.25, 0.3) is 11.0 Å². The van der Waals surface area contributed by atoms with Crippen LogP contribution in [0.4, 0.5) is 5.69 Å². The molecule has 8 nitrogen and oxygen atoms in total. The number of ketones is 1. The maximum absolute atomic E-state index is 13.6. The quantitative estimate of drug-likeness (QED) is 0.298. The van der Waals surface area contributed by atoms with Crippen LogP contribution in [-0.4, -0.2) is 33.9 Å². The minimum Gasteiger partial charge on any atom is -0.503 e. The van der Waals surface area contributed by atoms with E-state index in [0.29, 0.717) is 16.8 Å². The predicted molar refractivity (Wildman–Crippen MR) is 132 cm³/mol. The minimum absolute atomic E-state index is 0.00412. The third-order valence-corrected chi connectivity index (χ3v) is 5.80. The summed E-state index contributed by atoms with van der Waals surface area (Å²) >= 11 is 0. The number of aliphatic hydroxyl groups is 1. The smallest absolute Gasteiger partial charge is 0.338 e. The fourth-order valence-electron chi connectivity index (χ4n) is 4.25. The molecule has 5 rings (SSSR count). The lowest BCUT2D eigenvalue weighted by Gasteiger charge is -2.26. The zero-order valence-corrected chi connectivity index (χ0v) is 19.5. The van der Waals surface area contributed by atoms with Gasteiger partial charge in [-0.05, 0) is 55.8 Å². The first-order valence-electron chi connectivity index (χ1n) is 11.4. The van der Waals surface area contributed by atoms with E-state index >= 15 is 0 Å². The topological polar surface area (TPSA) is 110 Å². The predicted octanol–water partition coefficient (Wildman–Crippen LogP) is 5.18. The van der Waals surface area contributed by atoms with E-state index in [1.807, 2.05) is 6.07 Å². The first-order chi connectivity index (χ1) is 17.3. The van der Waals surface area contributed by atoms with Gasteiger partial charge in [-0.15, -0.1) is 0 Å². The molecule has 1 amide bonds. The lowest BCUT2D eigenvalue weighted by Crippen LogP contribution is -2.31. The Balaban J connectivity index is 1.61. The van der Waals surface area contributed by atoms with Crippen molar-refractivity contribution in [3.8, 4) is 0 Å². The average Bonchev–Trinajstić information content (AvgIpc) is 3.43. The second kappa shape index (κ2) is 9.14. The molecule has 0 radical (unpaired) electrons. The Morgan fingerprint density at radius 1 is 1.06 bits per heavy atom. The van der Waals surface area contributed by atoms with Gasteiger partial charge in [0.2, 0.25) is 5.78 Å². The molecule has 0 fully saturated rings. The SMILES string of the molecule is CC(C)OC(=O)c1cccc(N2C(=O)C(O)=C(C(=O)c3cc4ccccc4o3)C2c2cccnc2)c1. The number of hydrogen-bond donors (Lipinski definition) is 1. The Morgan fingerprint density at radius 3 is 2.58 bits per heavy atom. The maximum atomic E-state index is 13.6. The van der Waals surface area contributed by atoms with Crippen molar-refractivity contribution in [1.29, 1.82) is 0 Å². The van der Waals surface area contributed by atoms with Crippen molar-refractivity contribution in [3.63, 3.8) is 0 Å². The molecule has 8 heteroatoms.